The normalized spacial score (nSPS) is 10.7. The number of benzene rings is 2. The number of fused-ring (bicyclic) bond motifs is 1. The molecule has 0 fully saturated rings. The maximum absolute atomic E-state index is 9.01. The van der Waals surface area contributed by atoms with Gasteiger partial charge in [0.2, 0.25) is 0 Å². The summed E-state index contributed by atoms with van der Waals surface area (Å²) in [5.41, 5.74) is 4.40. The number of para-hydroxylation sites is 1. The van der Waals surface area contributed by atoms with Crippen molar-refractivity contribution in [1.29, 1.82) is 5.26 Å². The molecule has 1 N–H and O–H groups in total. The molecule has 104 valence electrons. The first-order chi connectivity index (χ1) is 10.3. The highest BCUT2D eigenvalue weighted by molar-refractivity contribution is 5.83. The lowest BCUT2D eigenvalue weighted by atomic mass is 10.1. The van der Waals surface area contributed by atoms with Crippen molar-refractivity contribution < 1.29 is 0 Å². The van der Waals surface area contributed by atoms with E-state index in [1.165, 1.54) is 16.5 Å². The molecule has 2 aromatic carbocycles. The van der Waals surface area contributed by atoms with Gasteiger partial charge in [0.25, 0.3) is 0 Å². The van der Waals surface area contributed by atoms with Gasteiger partial charge in [-0.15, -0.1) is 0 Å². The van der Waals surface area contributed by atoms with Crippen LogP contribution >= 0.6 is 0 Å². The summed E-state index contributed by atoms with van der Waals surface area (Å²) in [5, 5.41) is 13.5. The highest BCUT2D eigenvalue weighted by atomic mass is 15.0. The van der Waals surface area contributed by atoms with Crippen molar-refractivity contribution in [3.63, 3.8) is 0 Å². The molecule has 1 heterocycles. The summed E-state index contributed by atoms with van der Waals surface area (Å²) in [6.45, 7) is 1.62. The van der Waals surface area contributed by atoms with Gasteiger partial charge in [0.05, 0.1) is 17.1 Å². The first kappa shape index (κ1) is 13.4. The number of hydrogen-bond acceptors (Lipinski definition) is 2. The van der Waals surface area contributed by atoms with E-state index in [1.807, 2.05) is 25.2 Å². The minimum atomic E-state index is 0.708. The summed E-state index contributed by atoms with van der Waals surface area (Å²) >= 11 is 0. The summed E-state index contributed by atoms with van der Waals surface area (Å²) < 4.78 is 2.25. The van der Waals surface area contributed by atoms with E-state index in [0.29, 0.717) is 5.56 Å². The Bertz CT molecular complexity index is 809. The Hall–Kier alpha value is -2.57. The first-order valence-corrected chi connectivity index (χ1v) is 7.02. The average Bonchev–Trinajstić information content (AvgIpc) is 2.92. The Morgan fingerprint density at radius 1 is 1.14 bits per heavy atom. The molecular formula is C18H17N3. The molecule has 0 radical (unpaired) electrons. The molecule has 0 aliphatic rings. The van der Waals surface area contributed by atoms with Gasteiger partial charge in [0.15, 0.2) is 0 Å². The zero-order chi connectivity index (χ0) is 14.7. The number of nitrogens with one attached hydrogen (secondary N) is 1. The van der Waals surface area contributed by atoms with E-state index < -0.39 is 0 Å². The molecule has 0 atom stereocenters. The van der Waals surface area contributed by atoms with Crippen LogP contribution in [-0.2, 0) is 13.1 Å². The molecule has 1 aromatic heterocycles. The van der Waals surface area contributed by atoms with Crippen molar-refractivity contribution in [2.75, 3.05) is 7.05 Å². The summed E-state index contributed by atoms with van der Waals surface area (Å²) in [6.07, 6.45) is 2.11. The van der Waals surface area contributed by atoms with E-state index in [4.69, 9.17) is 5.26 Å². The number of aromatic nitrogens is 1. The number of hydrogen-bond donors (Lipinski definition) is 1. The second-order valence-electron chi connectivity index (χ2n) is 5.14. The zero-order valence-corrected chi connectivity index (χ0v) is 12.0. The third-order valence-electron chi connectivity index (χ3n) is 3.65. The lowest BCUT2D eigenvalue weighted by Gasteiger charge is -2.10. The topological polar surface area (TPSA) is 40.8 Å². The second-order valence-corrected chi connectivity index (χ2v) is 5.14. The highest BCUT2D eigenvalue weighted by Crippen LogP contribution is 2.21. The van der Waals surface area contributed by atoms with Gasteiger partial charge in [-0.1, -0.05) is 30.3 Å². The Labute approximate surface area is 124 Å². The molecule has 0 aliphatic carbocycles. The van der Waals surface area contributed by atoms with Crippen molar-refractivity contribution in [2.24, 2.45) is 0 Å². The minimum absolute atomic E-state index is 0.708. The Balaban J connectivity index is 2.02. The van der Waals surface area contributed by atoms with Crippen LogP contribution in [0.4, 0.5) is 0 Å². The van der Waals surface area contributed by atoms with Crippen molar-refractivity contribution in [3.05, 3.63) is 71.4 Å². The summed E-state index contributed by atoms with van der Waals surface area (Å²) in [5.74, 6) is 0. The number of rotatable bonds is 4. The van der Waals surface area contributed by atoms with Gasteiger partial charge < -0.3 is 9.88 Å². The van der Waals surface area contributed by atoms with Gasteiger partial charge in [-0.2, -0.15) is 5.26 Å². The van der Waals surface area contributed by atoms with Crippen LogP contribution in [0, 0.1) is 11.3 Å². The molecule has 3 heteroatoms. The van der Waals surface area contributed by atoms with E-state index in [1.54, 1.807) is 0 Å². The lowest BCUT2D eigenvalue weighted by Crippen LogP contribution is -2.08. The molecule has 3 rings (SSSR count). The third kappa shape index (κ3) is 2.67. The molecule has 0 amide bonds. The quantitative estimate of drug-likeness (QED) is 0.794. The van der Waals surface area contributed by atoms with E-state index in [2.05, 4.69) is 52.5 Å². The first-order valence-electron chi connectivity index (χ1n) is 7.02. The van der Waals surface area contributed by atoms with E-state index in [-0.39, 0.29) is 0 Å². The average molecular weight is 275 g/mol. The Morgan fingerprint density at radius 2 is 2.00 bits per heavy atom. The molecule has 3 aromatic rings. The highest BCUT2D eigenvalue weighted by Gasteiger charge is 2.07. The van der Waals surface area contributed by atoms with Gasteiger partial charge in [-0.25, -0.2) is 0 Å². The zero-order valence-electron chi connectivity index (χ0n) is 12.0. The molecule has 3 nitrogen and oxygen atoms in total. The van der Waals surface area contributed by atoms with Crippen LogP contribution in [0.1, 0.15) is 16.7 Å². The maximum atomic E-state index is 9.01. The predicted octanol–water partition coefficient (Wildman–Crippen LogP) is 3.28. The standard InChI is InChI=1S/C18H17N3/c1-20-12-17-7-3-6-16-8-9-21(18(16)17)13-15-5-2-4-14(10-15)11-19/h2-10,20H,12-13H2,1H3. The van der Waals surface area contributed by atoms with Crippen LogP contribution in [-0.4, -0.2) is 11.6 Å². The molecule has 0 spiro atoms. The van der Waals surface area contributed by atoms with Crippen molar-refractivity contribution in [3.8, 4) is 6.07 Å². The van der Waals surface area contributed by atoms with Crippen molar-refractivity contribution in [1.82, 2.24) is 9.88 Å². The maximum Gasteiger partial charge on any atom is 0.0991 e. The van der Waals surface area contributed by atoms with Crippen molar-refractivity contribution >= 4 is 10.9 Å². The molecule has 0 aliphatic heterocycles. The monoisotopic (exact) mass is 275 g/mol. The van der Waals surface area contributed by atoms with E-state index >= 15 is 0 Å². The van der Waals surface area contributed by atoms with Crippen LogP contribution in [0.25, 0.3) is 10.9 Å². The van der Waals surface area contributed by atoms with E-state index in [0.717, 1.165) is 18.7 Å². The minimum Gasteiger partial charge on any atom is -0.343 e. The second kappa shape index (κ2) is 5.82. The molecule has 0 saturated heterocycles. The van der Waals surface area contributed by atoms with Gasteiger partial charge in [0, 0.05) is 19.3 Å². The fourth-order valence-electron chi connectivity index (χ4n) is 2.74. The van der Waals surface area contributed by atoms with Gasteiger partial charge in [0.1, 0.15) is 0 Å². The fourth-order valence-corrected chi connectivity index (χ4v) is 2.74. The van der Waals surface area contributed by atoms with Crippen LogP contribution in [0.2, 0.25) is 0 Å². The van der Waals surface area contributed by atoms with Gasteiger partial charge in [-0.05, 0) is 41.8 Å². The van der Waals surface area contributed by atoms with Crippen LogP contribution in [0.5, 0.6) is 0 Å². The van der Waals surface area contributed by atoms with Crippen LogP contribution < -0.4 is 5.32 Å². The molecule has 21 heavy (non-hydrogen) atoms. The van der Waals surface area contributed by atoms with Gasteiger partial charge >= 0.3 is 0 Å². The van der Waals surface area contributed by atoms with Crippen molar-refractivity contribution in [2.45, 2.75) is 13.1 Å². The van der Waals surface area contributed by atoms with Gasteiger partial charge in [-0.3, -0.25) is 0 Å². The Kier molecular flexibility index (Phi) is 3.72. The lowest BCUT2D eigenvalue weighted by molar-refractivity contribution is 0.796. The predicted molar refractivity (Wildman–Crippen MR) is 85.0 cm³/mol. The number of nitrogens with zero attached hydrogens (tertiary/aromatic N) is 2. The Morgan fingerprint density at radius 3 is 2.81 bits per heavy atom. The molecule has 0 saturated carbocycles. The third-order valence-corrected chi connectivity index (χ3v) is 3.65. The van der Waals surface area contributed by atoms with E-state index in [9.17, 15) is 0 Å². The summed E-state index contributed by atoms with van der Waals surface area (Å²) in [4.78, 5) is 0. The summed E-state index contributed by atoms with van der Waals surface area (Å²) in [6, 6.07) is 18.5. The number of nitriles is 1. The molecule has 0 unspecified atom stereocenters. The largest absolute Gasteiger partial charge is 0.343 e. The fraction of sp³-hybridized carbons (Fsp3) is 0.167. The molecule has 0 bridgehead atoms. The molecular weight excluding hydrogens is 258 g/mol. The smallest absolute Gasteiger partial charge is 0.0991 e. The SMILES string of the molecule is CNCc1cccc2ccn(Cc3cccc(C#N)c3)c12. The van der Waals surface area contributed by atoms with Crippen LogP contribution in [0.3, 0.4) is 0 Å². The summed E-state index contributed by atoms with van der Waals surface area (Å²) in [7, 11) is 1.96. The van der Waals surface area contributed by atoms with Crippen LogP contribution in [0.15, 0.2) is 54.7 Å².